The summed E-state index contributed by atoms with van der Waals surface area (Å²) in [4.78, 5) is 0. The predicted molar refractivity (Wildman–Crippen MR) is 32.6 cm³/mol. The molecule has 3 rings (SSSR count). The fourth-order valence-electron chi connectivity index (χ4n) is 2.97. The van der Waals surface area contributed by atoms with Crippen LogP contribution < -0.4 is 0 Å². The van der Waals surface area contributed by atoms with E-state index in [1.54, 1.807) is 38.5 Å². The van der Waals surface area contributed by atoms with E-state index < -0.39 is 0 Å². The lowest BCUT2D eigenvalue weighted by Crippen LogP contribution is -1.91. The molecule has 3 aliphatic rings. The fourth-order valence-corrected chi connectivity index (χ4v) is 2.97. The van der Waals surface area contributed by atoms with Crippen molar-refractivity contribution in [2.24, 2.45) is 10.8 Å². The summed E-state index contributed by atoms with van der Waals surface area (Å²) >= 11 is 0. The second kappa shape index (κ2) is 0.778. The van der Waals surface area contributed by atoms with E-state index in [2.05, 4.69) is 0 Å². The molecule has 0 aromatic carbocycles. The van der Waals surface area contributed by atoms with E-state index >= 15 is 0 Å². The largest absolute Gasteiger partial charge is 0.0527 e. The van der Waals surface area contributed by atoms with Crippen LogP contribution in [-0.4, -0.2) is 0 Å². The number of hydrogen-bond donors (Lipinski definition) is 0. The SMILES string of the molecule is C1CCC23CC2(C1)C3. The van der Waals surface area contributed by atoms with Crippen molar-refractivity contribution in [1.29, 1.82) is 0 Å². The molecule has 0 N–H and O–H groups in total. The Morgan fingerprint density at radius 3 is 1.62 bits per heavy atom. The highest BCUT2D eigenvalue weighted by Crippen LogP contribution is 2.91. The van der Waals surface area contributed by atoms with Gasteiger partial charge in [-0.25, -0.2) is 0 Å². The van der Waals surface area contributed by atoms with E-state index in [0.29, 0.717) is 0 Å². The minimum absolute atomic E-state index is 0.991. The molecule has 0 aliphatic heterocycles. The van der Waals surface area contributed by atoms with Gasteiger partial charge in [0.25, 0.3) is 0 Å². The summed E-state index contributed by atoms with van der Waals surface area (Å²) in [5.74, 6) is 0. The molecule has 8 heavy (non-hydrogen) atoms. The van der Waals surface area contributed by atoms with Crippen LogP contribution >= 0.6 is 0 Å². The van der Waals surface area contributed by atoms with Crippen LogP contribution in [0, 0.1) is 10.8 Å². The topological polar surface area (TPSA) is 0 Å². The van der Waals surface area contributed by atoms with Crippen molar-refractivity contribution in [2.45, 2.75) is 38.5 Å². The van der Waals surface area contributed by atoms with E-state index in [1.807, 2.05) is 0 Å². The predicted octanol–water partition coefficient (Wildman–Crippen LogP) is 2.34. The van der Waals surface area contributed by atoms with E-state index in [4.69, 9.17) is 0 Å². The van der Waals surface area contributed by atoms with Crippen molar-refractivity contribution in [3.05, 3.63) is 0 Å². The maximum atomic E-state index is 1.62. The molecule has 0 unspecified atom stereocenters. The molecule has 3 saturated carbocycles. The van der Waals surface area contributed by atoms with Crippen molar-refractivity contribution >= 4 is 0 Å². The van der Waals surface area contributed by atoms with Gasteiger partial charge in [0.2, 0.25) is 0 Å². The molecule has 0 heteroatoms. The standard InChI is InChI=1S/C8H12/c1-2-4-8-5-7(8,3-1)6-8/h1-6H2. The summed E-state index contributed by atoms with van der Waals surface area (Å²) in [6.07, 6.45) is 9.52. The Morgan fingerprint density at radius 1 is 0.750 bits per heavy atom. The highest BCUT2D eigenvalue weighted by Gasteiger charge is 2.81. The molecule has 0 radical (unpaired) electrons. The quantitative estimate of drug-likeness (QED) is 0.447. The van der Waals surface area contributed by atoms with E-state index in [1.165, 1.54) is 0 Å². The number of hydrogen-bond acceptors (Lipinski definition) is 0. The van der Waals surface area contributed by atoms with Crippen molar-refractivity contribution in [3.63, 3.8) is 0 Å². The summed E-state index contributed by atoms with van der Waals surface area (Å²) in [6.45, 7) is 0. The van der Waals surface area contributed by atoms with Crippen LogP contribution in [0.5, 0.6) is 0 Å². The fraction of sp³-hybridized carbons (Fsp3) is 1.00. The molecule has 0 heterocycles. The normalized spacial score (nSPS) is 66.0. The van der Waals surface area contributed by atoms with Gasteiger partial charge >= 0.3 is 0 Å². The van der Waals surface area contributed by atoms with Crippen molar-refractivity contribution in [1.82, 2.24) is 0 Å². The van der Waals surface area contributed by atoms with Gasteiger partial charge < -0.3 is 0 Å². The first kappa shape index (κ1) is 3.92. The molecule has 0 spiro atoms. The smallest absolute Gasteiger partial charge is 0.0230 e. The zero-order chi connectivity index (χ0) is 5.24. The van der Waals surface area contributed by atoms with Crippen molar-refractivity contribution < 1.29 is 0 Å². The summed E-state index contributed by atoms with van der Waals surface area (Å²) in [7, 11) is 0. The molecule has 0 saturated heterocycles. The number of rotatable bonds is 0. The van der Waals surface area contributed by atoms with Crippen LogP contribution in [-0.2, 0) is 0 Å². The van der Waals surface area contributed by atoms with Crippen LogP contribution in [0.2, 0.25) is 0 Å². The monoisotopic (exact) mass is 108 g/mol. The van der Waals surface area contributed by atoms with Gasteiger partial charge in [-0.2, -0.15) is 0 Å². The van der Waals surface area contributed by atoms with E-state index in [-0.39, 0.29) is 0 Å². The molecule has 3 aliphatic carbocycles. The van der Waals surface area contributed by atoms with Gasteiger partial charge in [-0.05, 0) is 36.5 Å². The Bertz CT molecular complexity index is 124. The Morgan fingerprint density at radius 2 is 1.25 bits per heavy atom. The third kappa shape index (κ3) is 0.222. The molecule has 0 amide bonds. The lowest BCUT2D eigenvalue weighted by Gasteiger charge is -2.04. The van der Waals surface area contributed by atoms with Crippen LogP contribution in [0.15, 0.2) is 0 Å². The average molecular weight is 108 g/mol. The third-order valence-electron chi connectivity index (χ3n) is 3.79. The molecule has 3 fully saturated rings. The molecule has 0 atom stereocenters. The summed E-state index contributed by atoms with van der Waals surface area (Å²) in [5.41, 5.74) is 1.98. The van der Waals surface area contributed by atoms with Crippen LogP contribution in [0.1, 0.15) is 38.5 Å². The van der Waals surface area contributed by atoms with Gasteiger partial charge in [0.05, 0.1) is 0 Å². The van der Waals surface area contributed by atoms with Crippen molar-refractivity contribution in [2.75, 3.05) is 0 Å². The van der Waals surface area contributed by atoms with Crippen LogP contribution in [0.25, 0.3) is 0 Å². The first-order valence-corrected chi connectivity index (χ1v) is 3.87. The maximum absolute atomic E-state index is 1.62. The zero-order valence-electron chi connectivity index (χ0n) is 5.24. The Kier molecular flexibility index (Phi) is 0.381. The second-order valence-corrected chi connectivity index (χ2v) is 4.12. The van der Waals surface area contributed by atoms with Gasteiger partial charge in [0.15, 0.2) is 0 Å². The Hall–Kier alpha value is 0. The van der Waals surface area contributed by atoms with Gasteiger partial charge in [0, 0.05) is 0 Å². The van der Waals surface area contributed by atoms with Gasteiger partial charge in [0.1, 0.15) is 0 Å². The lowest BCUT2D eigenvalue weighted by atomic mass is 10.0. The van der Waals surface area contributed by atoms with Crippen molar-refractivity contribution in [3.8, 4) is 0 Å². The molecule has 44 valence electrons. The Labute approximate surface area is 50.3 Å². The van der Waals surface area contributed by atoms with Gasteiger partial charge in [-0.1, -0.05) is 12.8 Å². The minimum Gasteiger partial charge on any atom is -0.0527 e. The van der Waals surface area contributed by atoms with Gasteiger partial charge in [-0.15, -0.1) is 0 Å². The highest BCUT2D eigenvalue weighted by atomic mass is 14.9. The summed E-state index contributed by atoms with van der Waals surface area (Å²) < 4.78 is 0. The molecular formula is C8H12. The van der Waals surface area contributed by atoms with Crippen LogP contribution in [0.4, 0.5) is 0 Å². The molecule has 0 aromatic heterocycles. The molecule has 0 aromatic rings. The molecule has 0 bridgehead atoms. The summed E-state index contributed by atoms with van der Waals surface area (Å²) in [5, 5.41) is 0. The molecular weight excluding hydrogens is 96.1 g/mol. The summed E-state index contributed by atoms with van der Waals surface area (Å²) in [6, 6.07) is 0. The molecule has 0 nitrogen and oxygen atoms in total. The zero-order valence-corrected chi connectivity index (χ0v) is 5.24. The van der Waals surface area contributed by atoms with E-state index in [0.717, 1.165) is 10.8 Å². The second-order valence-electron chi connectivity index (χ2n) is 4.12. The highest BCUT2D eigenvalue weighted by molar-refractivity contribution is 5.31. The first-order valence-electron chi connectivity index (χ1n) is 3.87. The van der Waals surface area contributed by atoms with Crippen LogP contribution in [0.3, 0.4) is 0 Å². The minimum atomic E-state index is 0.991. The Balaban J connectivity index is 1.98. The third-order valence-corrected chi connectivity index (χ3v) is 3.79. The van der Waals surface area contributed by atoms with E-state index in [9.17, 15) is 0 Å². The average Bonchev–Trinajstić information content (AvgIpc) is 2.45. The van der Waals surface area contributed by atoms with Gasteiger partial charge in [-0.3, -0.25) is 0 Å². The maximum Gasteiger partial charge on any atom is -0.0230 e. The lowest BCUT2D eigenvalue weighted by molar-refractivity contribution is 0.480. The first-order chi connectivity index (χ1) is 3.87.